The summed E-state index contributed by atoms with van der Waals surface area (Å²) in [6, 6.07) is 5.08. The molecule has 0 amide bonds. The topological polar surface area (TPSA) is 56.7 Å². The Balaban J connectivity index is 1.56. The van der Waals surface area contributed by atoms with Crippen LogP contribution in [-0.2, 0) is 11.8 Å². The van der Waals surface area contributed by atoms with Gasteiger partial charge in [-0.15, -0.1) is 0 Å². The molecule has 0 radical (unpaired) electrons. The zero-order valence-electron chi connectivity index (χ0n) is 13.5. The number of hydrogen-bond donors (Lipinski definition) is 0. The molecule has 136 valence electrons. The van der Waals surface area contributed by atoms with Crippen LogP contribution in [0, 0.1) is 11.6 Å². The van der Waals surface area contributed by atoms with E-state index in [-0.39, 0.29) is 23.8 Å². The van der Waals surface area contributed by atoms with Crippen molar-refractivity contribution in [2.75, 3.05) is 0 Å². The second-order valence-electron chi connectivity index (χ2n) is 6.32. The lowest BCUT2D eigenvalue weighted by Gasteiger charge is -2.37. The quantitative estimate of drug-likeness (QED) is 0.645. The minimum absolute atomic E-state index is 0.0617. The minimum Gasteiger partial charge on any atom is -0.338 e. The second-order valence-corrected chi connectivity index (χ2v) is 6.32. The molecule has 0 bridgehead atoms. The third-order valence-electron chi connectivity index (χ3n) is 4.71. The monoisotopic (exact) mass is 366 g/mol. The highest BCUT2D eigenvalue weighted by molar-refractivity contribution is 5.34. The molecule has 2 aromatic heterocycles. The molecule has 4 rings (SSSR count). The molecule has 26 heavy (non-hydrogen) atoms. The minimum atomic E-state index is -2.56. The van der Waals surface area contributed by atoms with Crippen LogP contribution in [0.2, 0.25) is 0 Å². The van der Waals surface area contributed by atoms with Gasteiger partial charge in [-0.1, -0.05) is 17.6 Å². The molecule has 0 spiro atoms. The van der Waals surface area contributed by atoms with Crippen LogP contribution in [0.5, 0.6) is 0 Å². The third-order valence-corrected chi connectivity index (χ3v) is 4.71. The van der Waals surface area contributed by atoms with E-state index in [2.05, 4.69) is 15.2 Å². The van der Waals surface area contributed by atoms with Crippen LogP contribution in [0.1, 0.15) is 36.7 Å². The van der Waals surface area contributed by atoms with Gasteiger partial charge in [0.15, 0.2) is 17.5 Å². The summed E-state index contributed by atoms with van der Waals surface area (Å²) in [6.45, 7) is 0. The van der Waals surface area contributed by atoms with Crippen molar-refractivity contribution >= 4 is 0 Å². The number of alkyl halides is 2. The van der Waals surface area contributed by atoms with Crippen molar-refractivity contribution < 1.29 is 22.1 Å². The Morgan fingerprint density at radius 2 is 1.88 bits per heavy atom. The first-order valence-electron chi connectivity index (χ1n) is 8.10. The summed E-state index contributed by atoms with van der Waals surface area (Å²) in [4.78, 5) is 4.08. The van der Waals surface area contributed by atoms with E-state index >= 15 is 0 Å². The molecule has 2 heterocycles. The fraction of sp³-hybridized carbons (Fsp3) is 0.353. The molecule has 0 aliphatic heterocycles. The predicted molar refractivity (Wildman–Crippen MR) is 82.1 cm³/mol. The van der Waals surface area contributed by atoms with Crippen molar-refractivity contribution in [2.45, 2.75) is 37.5 Å². The molecule has 1 saturated carbocycles. The molecule has 1 aromatic carbocycles. The van der Waals surface area contributed by atoms with Gasteiger partial charge in [0.1, 0.15) is 11.1 Å². The smallest absolute Gasteiger partial charge is 0.252 e. The summed E-state index contributed by atoms with van der Waals surface area (Å²) in [6.07, 6.45) is 0.269. The average molecular weight is 366 g/mol. The first kappa shape index (κ1) is 16.7. The molecular formula is C17H14F4N4O. The summed E-state index contributed by atoms with van der Waals surface area (Å²) < 4.78 is 60.4. The fourth-order valence-electron chi connectivity index (χ4n) is 3.06. The van der Waals surface area contributed by atoms with E-state index < -0.39 is 23.5 Å². The number of nitrogens with zero attached hydrogens (tertiary/aromatic N) is 4. The second kappa shape index (κ2) is 6.22. The molecule has 9 heteroatoms. The fourth-order valence-corrected chi connectivity index (χ4v) is 3.06. The van der Waals surface area contributed by atoms with Crippen LogP contribution in [0.15, 0.2) is 35.0 Å². The maximum atomic E-state index is 13.8. The van der Waals surface area contributed by atoms with E-state index in [0.29, 0.717) is 25.0 Å². The number of halogens is 4. The van der Waals surface area contributed by atoms with E-state index in [4.69, 9.17) is 4.52 Å². The molecule has 5 nitrogen and oxygen atoms in total. The predicted octanol–water partition coefficient (Wildman–Crippen LogP) is 3.81. The highest BCUT2D eigenvalue weighted by Crippen LogP contribution is 2.47. The van der Waals surface area contributed by atoms with Gasteiger partial charge in [0.2, 0.25) is 5.89 Å². The van der Waals surface area contributed by atoms with Crippen molar-refractivity contribution in [3.63, 3.8) is 0 Å². The van der Waals surface area contributed by atoms with E-state index in [1.165, 1.54) is 12.3 Å². The van der Waals surface area contributed by atoms with E-state index in [9.17, 15) is 17.6 Å². The lowest BCUT2D eigenvalue weighted by molar-refractivity contribution is -0.0186. The molecule has 1 fully saturated rings. The Morgan fingerprint density at radius 3 is 2.50 bits per heavy atom. The van der Waals surface area contributed by atoms with Gasteiger partial charge < -0.3 is 4.52 Å². The lowest BCUT2D eigenvalue weighted by atomic mass is 9.69. The van der Waals surface area contributed by atoms with Gasteiger partial charge in [0, 0.05) is 6.20 Å². The Hall–Kier alpha value is -2.71. The Labute approximate surface area is 145 Å². The van der Waals surface area contributed by atoms with E-state index in [1.807, 2.05) is 0 Å². The zero-order valence-corrected chi connectivity index (χ0v) is 13.5. The molecular weight excluding hydrogens is 352 g/mol. The van der Waals surface area contributed by atoms with Crippen LogP contribution in [0.25, 0.3) is 5.69 Å². The number of hydrogen-bond acceptors (Lipinski definition) is 4. The van der Waals surface area contributed by atoms with Crippen LogP contribution in [0.4, 0.5) is 17.6 Å². The summed E-state index contributed by atoms with van der Waals surface area (Å²) in [5, 5.41) is 7.85. The van der Waals surface area contributed by atoms with Crippen molar-refractivity contribution in [2.24, 2.45) is 0 Å². The number of rotatable bonds is 5. The normalized spacial score (nSPS) is 16.0. The first-order chi connectivity index (χ1) is 12.5. The number of aromatic nitrogens is 4. The zero-order chi connectivity index (χ0) is 18.3. The highest BCUT2D eigenvalue weighted by atomic mass is 19.3. The molecule has 0 N–H and O–H groups in total. The molecule has 0 unspecified atom stereocenters. The largest absolute Gasteiger partial charge is 0.338 e. The van der Waals surface area contributed by atoms with Crippen molar-refractivity contribution in [3.8, 4) is 5.69 Å². The van der Waals surface area contributed by atoms with Gasteiger partial charge in [-0.25, -0.2) is 22.2 Å². The van der Waals surface area contributed by atoms with Crippen molar-refractivity contribution in [3.05, 3.63) is 59.5 Å². The van der Waals surface area contributed by atoms with Gasteiger partial charge in [0.25, 0.3) is 6.43 Å². The van der Waals surface area contributed by atoms with Gasteiger partial charge >= 0.3 is 0 Å². The third kappa shape index (κ3) is 2.67. The van der Waals surface area contributed by atoms with Crippen LogP contribution in [-0.4, -0.2) is 26.3 Å². The Bertz CT molecular complexity index is 912. The van der Waals surface area contributed by atoms with Crippen molar-refractivity contribution in [1.82, 2.24) is 19.9 Å². The standard InChI is InChI=1S/C17H14F4N4O/c18-11-3-1-4-12(19)14(11)25-8-5-10(23-25)9-13-22-16(26-24-13)17(15(20)21)6-2-7-17/h1,3-5,8,15H,2,6-7,9H2. The van der Waals surface area contributed by atoms with Crippen LogP contribution in [0.3, 0.4) is 0 Å². The van der Waals surface area contributed by atoms with Crippen molar-refractivity contribution in [1.29, 1.82) is 0 Å². The Morgan fingerprint density at radius 1 is 1.15 bits per heavy atom. The number of para-hydroxylation sites is 1. The maximum Gasteiger partial charge on any atom is 0.252 e. The molecule has 1 aliphatic carbocycles. The molecule has 0 atom stereocenters. The average Bonchev–Trinajstić information content (AvgIpc) is 3.17. The van der Waals surface area contributed by atoms with Gasteiger partial charge in [-0.3, -0.25) is 0 Å². The lowest BCUT2D eigenvalue weighted by Crippen LogP contribution is -2.41. The van der Waals surface area contributed by atoms with Crippen LogP contribution < -0.4 is 0 Å². The summed E-state index contributed by atoms with van der Waals surface area (Å²) in [7, 11) is 0. The SMILES string of the molecule is Fc1cccc(F)c1-n1ccc(Cc2noc(C3(C(F)F)CCC3)n2)n1. The van der Waals surface area contributed by atoms with E-state index in [1.54, 1.807) is 6.07 Å². The van der Waals surface area contributed by atoms with Gasteiger partial charge in [0.05, 0.1) is 12.1 Å². The maximum absolute atomic E-state index is 13.8. The van der Waals surface area contributed by atoms with Crippen LogP contribution >= 0.6 is 0 Å². The number of benzene rings is 1. The summed E-state index contributed by atoms with van der Waals surface area (Å²) in [5.74, 6) is -1.35. The Kier molecular flexibility index (Phi) is 4.01. The van der Waals surface area contributed by atoms with E-state index in [0.717, 1.165) is 16.8 Å². The summed E-state index contributed by atoms with van der Waals surface area (Å²) >= 11 is 0. The highest BCUT2D eigenvalue weighted by Gasteiger charge is 2.51. The summed E-state index contributed by atoms with van der Waals surface area (Å²) in [5.41, 5.74) is -1.21. The molecule has 0 saturated heterocycles. The first-order valence-corrected chi connectivity index (χ1v) is 8.10. The van der Waals surface area contributed by atoms with Gasteiger partial charge in [-0.2, -0.15) is 10.1 Å². The molecule has 3 aromatic rings. The van der Waals surface area contributed by atoms with Gasteiger partial charge in [-0.05, 0) is 31.0 Å². The molecule has 1 aliphatic rings.